The number of ketones is 1. The summed E-state index contributed by atoms with van der Waals surface area (Å²) >= 11 is 0. The maximum atomic E-state index is 13.3. The molecule has 0 saturated heterocycles. The van der Waals surface area contributed by atoms with Crippen molar-refractivity contribution < 1.29 is 22.7 Å². The number of aromatic nitrogens is 1. The highest BCUT2D eigenvalue weighted by Gasteiger charge is 2.23. The Balaban J connectivity index is 1.50. The number of carbonyl (C=O) groups excluding carboxylic acids is 1. The zero-order chi connectivity index (χ0) is 28.1. The third-order valence-electron chi connectivity index (χ3n) is 7.39. The van der Waals surface area contributed by atoms with Gasteiger partial charge in [0, 0.05) is 29.4 Å². The van der Waals surface area contributed by atoms with Gasteiger partial charge in [-0.25, -0.2) is 13.6 Å². The van der Waals surface area contributed by atoms with Gasteiger partial charge in [0.2, 0.25) is 10.0 Å². The zero-order valence-electron chi connectivity index (χ0n) is 22.3. The van der Waals surface area contributed by atoms with Crippen molar-refractivity contribution in [1.82, 2.24) is 4.98 Å². The number of primary sulfonamides is 1. The van der Waals surface area contributed by atoms with Gasteiger partial charge in [-0.3, -0.25) is 9.78 Å². The molecule has 7 nitrogen and oxygen atoms in total. The molecule has 0 amide bonds. The summed E-state index contributed by atoms with van der Waals surface area (Å²) in [6.45, 7) is 0. The molecule has 206 valence electrons. The lowest BCUT2D eigenvalue weighted by molar-refractivity contribution is 0.103. The van der Waals surface area contributed by atoms with Crippen LogP contribution in [0.5, 0.6) is 11.5 Å². The Labute approximate surface area is 235 Å². The van der Waals surface area contributed by atoms with Crippen LogP contribution in [-0.4, -0.2) is 32.4 Å². The highest BCUT2D eigenvalue weighted by Crippen LogP contribution is 2.37. The van der Waals surface area contributed by atoms with Crippen molar-refractivity contribution in [2.45, 2.75) is 49.0 Å². The minimum absolute atomic E-state index is 0.0416. The number of methoxy groups -OCH3 is 1. The van der Waals surface area contributed by atoms with Crippen LogP contribution in [-0.2, 0) is 16.4 Å². The fourth-order valence-electron chi connectivity index (χ4n) is 5.30. The Bertz CT molecular complexity index is 1580. The fourth-order valence-corrected chi connectivity index (χ4v) is 6.03. The van der Waals surface area contributed by atoms with Crippen molar-refractivity contribution in [2.24, 2.45) is 5.14 Å². The molecule has 5 rings (SSSR count). The van der Waals surface area contributed by atoms with E-state index in [2.05, 4.69) is 11.1 Å². The molecule has 40 heavy (non-hydrogen) atoms. The van der Waals surface area contributed by atoms with E-state index >= 15 is 0 Å². The second-order valence-corrected chi connectivity index (χ2v) is 11.6. The van der Waals surface area contributed by atoms with Crippen LogP contribution < -0.4 is 14.6 Å². The van der Waals surface area contributed by atoms with Gasteiger partial charge in [0.1, 0.15) is 0 Å². The predicted molar refractivity (Wildman–Crippen MR) is 153 cm³/mol. The minimum Gasteiger partial charge on any atom is -0.493 e. The van der Waals surface area contributed by atoms with Gasteiger partial charge < -0.3 is 9.47 Å². The molecule has 0 spiro atoms. The molecule has 2 N–H and O–H groups in total. The highest BCUT2D eigenvalue weighted by molar-refractivity contribution is 7.89. The maximum absolute atomic E-state index is 13.3. The minimum atomic E-state index is -4.05. The number of benzene rings is 3. The van der Waals surface area contributed by atoms with Gasteiger partial charge in [-0.2, -0.15) is 0 Å². The van der Waals surface area contributed by atoms with Crippen molar-refractivity contribution in [3.8, 4) is 11.5 Å². The molecule has 0 aliphatic heterocycles. The third kappa shape index (κ3) is 6.24. The molecule has 0 bridgehead atoms. The number of nitrogens with zero attached hydrogens (tertiary/aromatic N) is 1. The Hall–Kier alpha value is -4.01. The maximum Gasteiger partial charge on any atom is 0.238 e. The van der Waals surface area contributed by atoms with E-state index in [0.29, 0.717) is 17.7 Å². The summed E-state index contributed by atoms with van der Waals surface area (Å²) in [5.74, 6) is 0.990. The molecule has 1 saturated carbocycles. The van der Waals surface area contributed by atoms with E-state index in [4.69, 9.17) is 14.6 Å². The van der Waals surface area contributed by atoms with Gasteiger partial charge in [0.25, 0.3) is 0 Å². The van der Waals surface area contributed by atoms with Gasteiger partial charge in [0.05, 0.1) is 18.1 Å². The van der Waals surface area contributed by atoms with Crippen LogP contribution >= 0.6 is 0 Å². The van der Waals surface area contributed by atoms with E-state index in [9.17, 15) is 13.2 Å². The number of rotatable bonds is 10. The number of nitrogens with two attached hydrogens (primary N) is 1. The molecule has 8 heteroatoms. The van der Waals surface area contributed by atoms with Gasteiger partial charge in [0.15, 0.2) is 17.3 Å². The van der Waals surface area contributed by atoms with Crippen molar-refractivity contribution in [1.29, 1.82) is 0 Å². The van der Waals surface area contributed by atoms with E-state index in [-0.39, 0.29) is 22.5 Å². The summed E-state index contributed by atoms with van der Waals surface area (Å²) in [4.78, 5) is 17.2. The van der Waals surface area contributed by atoms with Crippen LogP contribution in [0.1, 0.15) is 64.2 Å². The highest BCUT2D eigenvalue weighted by atomic mass is 32.2. The molecule has 4 aromatic rings. The van der Waals surface area contributed by atoms with Gasteiger partial charge in [-0.1, -0.05) is 42.5 Å². The number of carbonyl (C=O) groups is 1. The molecular weight excluding hydrogens is 524 g/mol. The number of ether oxygens (including phenoxy) is 2. The lowest BCUT2D eigenvalue weighted by atomic mass is 9.85. The van der Waals surface area contributed by atoms with Crippen molar-refractivity contribution in [2.75, 3.05) is 7.11 Å². The molecule has 1 heterocycles. The number of pyridine rings is 1. The second kappa shape index (κ2) is 12.0. The molecular formula is C32H32N2O5S. The molecule has 1 aliphatic rings. The third-order valence-corrected chi connectivity index (χ3v) is 8.36. The molecule has 1 atom stereocenters. The summed E-state index contributed by atoms with van der Waals surface area (Å²) in [6.07, 6.45) is 8.87. The summed E-state index contributed by atoms with van der Waals surface area (Å²) in [5, 5.41) is 5.36. The van der Waals surface area contributed by atoms with Crippen LogP contribution in [0.2, 0.25) is 0 Å². The molecule has 1 aromatic heterocycles. The van der Waals surface area contributed by atoms with E-state index in [1.807, 2.05) is 36.4 Å². The SMILES string of the molecule is COc1ccc([C@H](Cc2ccncc2)c2ccc(C(=O)c3ccccc3S(N)(=O)=O)cc2)cc1OC1CCCC1. The monoisotopic (exact) mass is 556 g/mol. The van der Waals surface area contributed by atoms with E-state index in [1.54, 1.807) is 43.8 Å². The first-order chi connectivity index (χ1) is 19.3. The molecule has 0 unspecified atom stereocenters. The molecule has 1 fully saturated rings. The normalized spacial score (nSPS) is 14.6. The summed E-state index contributed by atoms with van der Waals surface area (Å²) in [7, 11) is -2.40. The summed E-state index contributed by atoms with van der Waals surface area (Å²) in [5.41, 5.74) is 3.61. The predicted octanol–water partition coefficient (Wildman–Crippen LogP) is 5.66. The van der Waals surface area contributed by atoms with Crippen LogP contribution in [0.4, 0.5) is 0 Å². The van der Waals surface area contributed by atoms with Gasteiger partial charge in [-0.15, -0.1) is 0 Å². The van der Waals surface area contributed by atoms with Crippen LogP contribution in [0, 0.1) is 0 Å². The topological polar surface area (TPSA) is 109 Å². The Morgan fingerprint density at radius 2 is 1.60 bits per heavy atom. The zero-order valence-corrected chi connectivity index (χ0v) is 23.1. The smallest absolute Gasteiger partial charge is 0.238 e. The van der Waals surface area contributed by atoms with Crippen LogP contribution in [0.25, 0.3) is 0 Å². The van der Waals surface area contributed by atoms with Gasteiger partial charge in [-0.05, 0) is 85.2 Å². The van der Waals surface area contributed by atoms with Crippen LogP contribution in [0.15, 0.2) is 96.2 Å². The Morgan fingerprint density at radius 1 is 0.925 bits per heavy atom. The summed E-state index contributed by atoms with van der Waals surface area (Å²) in [6, 6.07) is 23.3. The first-order valence-corrected chi connectivity index (χ1v) is 14.9. The number of hydrogen-bond donors (Lipinski definition) is 1. The van der Waals surface area contributed by atoms with E-state index in [1.165, 1.54) is 25.0 Å². The first kappa shape index (κ1) is 27.6. The summed E-state index contributed by atoms with van der Waals surface area (Å²) < 4.78 is 36.1. The lowest BCUT2D eigenvalue weighted by Crippen LogP contribution is -2.17. The molecule has 1 aliphatic carbocycles. The van der Waals surface area contributed by atoms with Crippen molar-refractivity contribution in [3.05, 3.63) is 119 Å². The quantitative estimate of drug-likeness (QED) is 0.252. The average Bonchev–Trinajstić information content (AvgIpc) is 3.49. The molecule has 0 radical (unpaired) electrons. The molecule has 3 aromatic carbocycles. The van der Waals surface area contributed by atoms with E-state index in [0.717, 1.165) is 35.3 Å². The number of hydrogen-bond acceptors (Lipinski definition) is 6. The van der Waals surface area contributed by atoms with E-state index < -0.39 is 15.8 Å². The Morgan fingerprint density at radius 3 is 2.27 bits per heavy atom. The van der Waals surface area contributed by atoms with Crippen molar-refractivity contribution in [3.63, 3.8) is 0 Å². The Kier molecular flexibility index (Phi) is 8.28. The van der Waals surface area contributed by atoms with Gasteiger partial charge >= 0.3 is 0 Å². The van der Waals surface area contributed by atoms with Crippen LogP contribution in [0.3, 0.4) is 0 Å². The largest absolute Gasteiger partial charge is 0.493 e. The standard InChI is InChI=1S/C32H32N2O5S/c1-38-29-15-14-25(21-30(29)39-26-6-2-3-7-26)28(20-22-16-18-34-19-17-22)23-10-12-24(13-11-23)32(35)27-8-4-5-9-31(27)40(33,36)37/h4-5,8-19,21,26,28H,2-3,6-7,20H2,1H3,(H2,33,36,37)/t28-/m1/s1. The lowest BCUT2D eigenvalue weighted by Gasteiger charge is -2.22. The second-order valence-electron chi connectivity index (χ2n) is 10.0. The average molecular weight is 557 g/mol. The number of sulfonamides is 1. The first-order valence-electron chi connectivity index (χ1n) is 13.3. The van der Waals surface area contributed by atoms with Crippen molar-refractivity contribution >= 4 is 15.8 Å². The fraction of sp³-hybridized carbons (Fsp3) is 0.250.